The van der Waals surface area contributed by atoms with Crippen LogP contribution >= 0.6 is 0 Å². The van der Waals surface area contributed by atoms with Crippen LogP contribution in [0.3, 0.4) is 0 Å². The van der Waals surface area contributed by atoms with Crippen LogP contribution in [-0.4, -0.2) is 18.2 Å². The number of sulfonamides is 1. The number of nitrogens with one attached hydrogen (secondary N) is 1. The number of nitrogens with two attached hydrogens (primary N) is 1. The Bertz CT molecular complexity index is 722. The highest BCUT2D eigenvalue weighted by Crippen LogP contribution is 2.18. The Morgan fingerprint density at radius 3 is 2.57 bits per heavy atom. The van der Waals surface area contributed by atoms with E-state index in [9.17, 15) is 8.42 Å². The molecule has 0 fully saturated rings. The molecule has 114 valence electrons. The average Bonchev–Trinajstić information content (AvgIpc) is 2.78. The molecule has 7 heteroatoms. The topological polar surface area (TPSA) is 90.0 Å². The lowest BCUT2D eigenvalue weighted by atomic mass is 10.1. The maximum Gasteiger partial charge on any atom is 0.237 e. The van der Waals surface area contributed by atoms with Gasteiger partial charge in [0, 0.05) is 19.8 Å². The first kappa shape index (κ1) is 15.5. The first-order valence-corrected chi connectivity index (χ1v) is 8.40. The molecule has 2 aromatic rings. The SMILES string of the molecule is CCc1nn(C)cc1NS(=O)(=O)Cc1ccccc1CN. The van der Waals surface area contributed by atoms with Gasteiger partial charge in [0.15, 0.2) is 0 Å². The molecule has 1 aromatic heterocycles. The van der Waals surface area contributed by atoms with E-state index < -0.39 is 10.0 Å². The van der Waals surface area contributed by atoms with Crippen molar-refractivity contribution in [3.63, 3.8) is 0 Å². The largest absolute Gasteiger partial charge is 0.326 e. The van der Waals surface area contributed by atoms with Crippen molar-refractivity contribution in [1.82, 2.24) is 9.78 Å². The lowest BCUT2D eigenvalue weighted by Crippen LogP contribution is -2.17. The van der Waals surface area contributed by atoms with Crippen molar-refractivity contribution in [2.45, 2.75) is 25.6 Å². The molecule has 0 saturated heterocycles. The smallest absolute Gasteiger partial charge is 0.237 e. The number of aromatic nitrogens is 2. The van der Waals surface area contributed by atoms with Gasteiger partial charge in [0.1, 0.15) is 0 Å². The van der Waals surface area contributed by atoms with Gasteiger partial charge in [-0.2, -0.15) is 5.10 Å². The molecule has 3 N–H and O–H groups in total. The molecule has 0 radical (unpaired) electrons. The molecule has 0 bridgehead atoms. The van der Waals surface area contributed by atoms with Crippen LogP contribution in [0.15, 0.2) is 30.5 Å². The molecular weight excluding hydrogens is 288 g/mol. The lowest BCUT2D eigenvalue weighted by molar-refractivity contribution is 0.600. The van der Waals surface area contributed by atoms with Crippen LogP contribution in [0.1, 0.15) is 23.7 Å². The van der Waals surface area contributed by atoms with E-state index in [1.54, 1.807) is 24.0 Å². The Kier molecular flexibility index (Phi) is 4.64. The second-order valence-corrected chi connectivity index (χ2v) is 6.57. The molecule has 0 amide bonds. The number of aryl methyl sites for hydroxylation is 2. The monoisotopic (exact) mass is 308 g/mol. The molecule has 1 aromatic carbocycles. The number of nitrogens with zero attached hydrogens (tertiary/aromatic N) is 2. The van der Waals surface area contributed by atoms with Crippen LogP contribution in [0.25, 0.3) is 0 Å². The van der Waals surface area contributed by atoms with Gasteiger partial charge in [0.25, 0.3) is 0 Å². The first-order chi connectivity index (χ1) is 9.95. The molecule has 0 unspecified atom stereocenters. The van der Waals surface area contributed by atoms with Gasteiger partial charge in [-0.15, -0.1) is 0 Å². The molecule has 0 atom stereocenters. The first-order valence-electron chi connectivity index (χ1n) is 6.75. The van der Waals surface area contributed by atoms with Gasteiger partial charge in [0.2, 0.25) is 10.0 Å². The summed E-state index contributed by atoms with van der Waals surface area (Å²) in [5.41, 5.74) is 8.46. The van der Waals surface area contributed by atoms with Crippen molar-refractivity contribution >= 4 is 15.7 Å². The summed E-state index contributed by atoms with van der Waals surface area (Å²) in [6, 6.07) is 7.28. The molecule has 0 aliphatic heterocycles. The zero-order valence-corrected chi connectivity index (χ0v) is 13.0. The fraction of sp³-hybridized carbons (Fsp3) is 0.357. The standard InChI is InChI=1S/C14H20N4O2S/c1-3-13-14(9-18(2)16-13)17-21(19,20)10-12-7-5-4-6-11(12)8-15/h4-7,9,17H,3,8,10,15H2,1-2H3. The summed E-state index contributed by atoms with van der Waals surface area (Å²) in [5.74, 6) is -0.0988. The van der Waals surface area contributed by atoms with Crippen LogP contribution in [0.4, 0.5) is 5.69 Å². The van der Waals surface area contributed by atoms with Gasteiger partial charge in [-0.25, -0.2) is 8.42 Å². The molecule has 1 heterocycles. The van der Waals surface area contributed by atoms with Crippen LogP contribution in [-0.2, 0) is 35.8 Å². The van der Waals surface area contributed by atoms with E-state index in [-0.39, 0.29) is 5.75 Å². The predicted molar refractivity (Wildman–Crippen MR) is 83.2 cm³/mol. The van der Waals surface area contributed by atoms with E-state index in [4.69, 9.17) is 5.73 Å². The molecule has 0 spiro atoms. The Labute approximate surface area is 125 Å². The van der Waals surface area contributed by atoms with Gasteiger partial charge in [-0.1, -0.05) is 31.2 Å². The molecule has 0 aliphatic rings. The van der Waals surface area contributed by atoms with Gasteiger partial charge in [0.05, 0.1) is 17.1 Å². The molecule has 6 nitrogen and oxygen atoms in total. The van der Waals surface area contributed by atoms with Crippen molar-refractivity contribution in [2.75, 3.05) is 4.72 Å². The van der Waals surface area contributed by atoms with Gasteiger partial charge >= 0.3 is 0 Å². The molecule has 0 saturated carbocycles. The van der Waals surface area contributed by atoms with Crippen molar-refractivity contribution < 1.29 is 8.42 Å². The number of hydrogen-bond donors (Lipinski definition) is 2. The van der Waals surface area contributed by atoms with Gasteiger partial charge in [-0.3, -0.25) is 9.40 Å². The summed E-state index contributed by atoms with van der Waals surface area (Å²) in [6.07, 6.45) is 2.34. The van der Waals surface area contributed by atoms with E-state index >= 15 is 0 Å². The third-order valence-electron chi connectivity index (χ3n) is 3.19. The summed E-state index contributed by atoms with van der Waals surface area (Å²) in [4.78, 5) is 0. The second-order valence-electron chi connectivity index (χ2n) is 4.85. The summed E-state index contributed by atoms with van der Waals surface area (Å²) in [6.45, 7) is 2.25. The van der Waals surface area contributed by atoms with Crippen molar-refractivity contribution in [3.05, 3.63) is 47.3 Å². The average molecular weight is 308 g/mol. The number of anilines is 1. The third kappa shape index (κ3) is 3.83. The number of rotatable bonds is 6. The summed E-state index contributed by atoms with van der Waals surface area (Å²) in [5, 5.41) is 4.22. The fourth-order valence-corrected chi connectivity index (χ4v) is 3.46. The van der Waals surface area contributed by atoms with Crippen molar-refractivity contribution in [2.24, 2.45) is 12.8 Å². The lowest BCUT2D eigenvalue weighted by Gasteiger charge is -2.10. The van der Waals surface area contributed by atoms with Crippen molar-refractivity contribution in [3.8, 4) is 0 Å². The van der Waals surface area contributed by atoms with Gasteiger partial charge in [-0.05, 0) is 17.5 Å². The maximum absolute atomic E-state index is 12.3. The minimum atomic E-state index is -3.50. The maximum atomic E-state index is 12.3. The van der Waals surface area contributed by atoms with Crippen molar-refractivity contribution in [1.29, 1.82) is 0 Å². The van der Waals surface area contributed by atoms with Crippen LogP contribution in [0.2, 0.25) is 0 Å². The van der Waals surface area contributed by atoms with E-state index in [1.165, 1.54) is 0 Å². The quantitative estimate of drug-likeness (QED) is 0.843. The Hall–Kier alpha value is -1.86. The molecule has 21 heavy (non-hydrogen) atoms. The van der Waals surface area contributed by atoms with E-state index in [0.29, 0.717) is 18.7 Å². The third-order valence-corrected chi connectivity index (χ3v) is 4.41. The predicted octanol–water partition coefficient (Wildman–Crippen LogP) is 1.38. The zero-order chi connectivity index (χ0) is 15.5. The van der Waals surface area contributed by atoms with Crippen LogP contribution < -0.4 is 10.5 Å². The second kappa shape index (κ2) is 6.28. The Balaban J connectivity index is 2.22. The highest BCUT2D eigenvalue weighted by molar-refractivity contribution is 7.91. The fourth-order valence-electron chi connectivity index (χ4n) is 2.19. The van der Waals surface area contributed by atoms with E-state index in [1.807, 2.05) is 25.1 Å². The minimum Gasteiger partial charge on any atom is -0.326 e. The van der Waals surface area contributed by atoms with E-state index in [2.05, 4.69) is 9.82 Å². The zero-order valence-electron chi connectivity index (χ0n) is 12.2. The number of benzene rings is 1. The summed E-state index contributed by atoms with van der Waals surface area (Å²) >= 11 is 0. The minimum absolute atomic E-state index is 0.0988. The summed E-state index contributed by atoms with van der Waals surface area (Å²) < 4.78 is 28.9. The normalized spacial score (nSPS) is 11.6. The Morgan fingerprint density at radius 2 is 1.95 bits per heavy atom. The Morgan fingerprint density at radius 1 is 1.29 bits per heavy atom. The molecule has 0 aliphatic carbocycles. The molecule has 2 rings (SSSR count). The van der Waals surface area contributed by atoms with Crippen LogP contribution in [0, 0.1) is 0 Å². The summed E-state index contributed by atoms with van der Waals surface area (Å²) in [7, 11) is -1.73. The highest BCUT2D eigenvalue weighted by atomic mass is 32.2. The molecular formula is C14H20N4O2S. The highest BCUT2D eigenvalue weighted by Gasteiger charge is 2.17. The van der Waals surface area contributed by atoms with E-state index in [0.717, 1.165) is 16.8 Å². The van der Waals surface area contributed by atoms with Gasteiger partial charge < -0.3 is 5.73 Å². The van der Waals surface area contributed by atoms with Crippen LogP contribution in [0.5, 0.6) is 0 Å². The number of hydrogen-bond acceptors (Lipinski definition) is 4.